The van der Waals surface area contributed by atoms with Crippen LogP contribution in [0.5, 0.6) is 0 Å². The van der Waals surface area contributed by atoms with Gasteiger partial charge in [-0.1, -0.05) is 32.6 Å². The van der Waals surface area contributed by atoms with Crippen LogP contribution in [0, 0.1) is 0 Å². The third-order valence-electron chi connectivity index (χ3n) is 6.80. The average Bonchev–Trinajstić information content (AvgIpc) is 3.29. The van der Waals surface area contributed by atoms with Crippen LogP contribution in [0.4, 0.5) is 9.59 Å². The number of nitrogens with zero attached hydrogens (tertiary/aromatic N) is 1. The Balaban J connectivity index is 2.45. The number of amides is 3. The predicted octanol–water partition coefficient (Wildman–Crippen LogP) is 3.07. The molecule has 3 amide bonds. The number of aliphatic carboxylic acids is 1. The van der Waals surface area contributed by atoms with Crippen LogP contribution in [0.15, 0.2) is 16.8 Å². The van der Waals surface area contributed by atoms with Crippen LogP contribution < -0.4 is 16.0 Å². The summed E-state index contributed by atoms with van der Waals surface area (Å²) in [6, 6.07) is -2.27. The number of unbranched alkanes of at least 4 members (excludes halogenated alkanes) is 4. The Bertz CT molecular complexity index is 1160. The van der Waals surface area contributed by atoms with Crippen molar-refractivity contribution in [2.45, 2.75) is 141 Å². The number of guanidine groups is 1. The van der Waals surface area contributed by atoms with Gasteiger partial charge in [-0.05, 0) is 54.0 Å². The summed E-state index contributed by atoms with van der Waals surface area (Å²) in [5.41, 5.74) is -1.84. The smallest absolute Gasteiger partial charge is 0.437 e. The van der Waals surface area contributed by atoms with Gasteiger partial charge in [0.2, 0.25) is 17.6 Å². The van der Waals surface area contributed by atoms with Gasteiger partial charge in [-0.2, -0.15) is 0 Å². The van der Waals surface area contributed by atoms with Gasteiger partial charge >= 0.3 is 18.2 Å². The molecule has 0 radical (unpaired) electrons. The molecule has 1 fully saturated rings. The van der Waals surface area contributed by atoms with Gasteiger partial charge in [-0.15, -0.1) is 4.99 Å². The van der Waals surface area contributed by atoms with Crippen molar-refractivity contribution in [1.29, 1.82) is 0 Å². The highest BCUT2D eigenvalue weighted by Crippen LogP contribution is 2.33. The van der Waals surface area contributed by atoms with Crippen molar-refractivity contribution in [3.05, 3.63) is 11.8 Å². The second kappa shape index (κ2) is 17.1. The molecule has 16 nitrogen and oxygen atoms in total. The number of alkyl carbamates (subject to hydrolysis) is 1. The van der Waals surface area contributed by atoms with Gasteiger partial charge in [0.25, 0.3) is 5.97 Å². The van der Waals surface area contributed by atoms with Gasteiger partial charge in [0.15, 0.2) is 6.10 Å². The summed E-state index contributed by atoms with van der Waals surface area (Å²) in [6.45, 7) is 13.0. The summed E-state index contributed by atoms with van der Waals surface area (Å²) in [5.74, 6) is -4.84. The van der Waals surface area contributed by atoms with Crippen molar-refractivity contribution < 1.29 is 57.8 Å². The van der Waals surface area contributed by atoms with E-state index < -0.39 is 83.4 Å². The standard InChI is InChI=1S/C31H52N4O12/c1-10-11-12-13-14-15-31(41)43-17-21(45-31)23(42-9)24-22(32-18(2)36)19(16-20(44-24)25(37)38)33-26(34-27(39)46-29(3,4)5)35-28(40)47-30(6,7)8/h16,19,21-24,41H,10-15,17H2,1-9H3,(H,32,36)(H,37,38)(H2,33,34,35,39,40)/t19-,21+,22+,23?,24+,31?/m0/s1. The summed E-state index contributed by atoms with van der Waals surface area (Å²) < 4.78 is 33.6. The van der Waals surface area contributed by atoms with Gasteiger partial charge in [0.1, 0.15) is 23.4 Å². The number of hydrogen-bond acceptors (Lipinski definition) is 11. The lowest BCUT2D eigenvalue weighted by molar-refractivity contribution is -0.321. The number of aliphatic hydroxyl groups is 1. The maximum atomic E-state index is 12.7. The molecule has 0 aromatic heterocycles. The van der Waals surface area contributed by atoms with E-state index in [1.807, 2.05) is 0 Å². The van der Waals surface area contributed by atoms with E-state index in [0.29, 0.717) is 6.42 Å². The first-order chi connectivity index (χ1) is 21.8. The topological polar surface area (TPSA) is 213 Å². The molecule has 16 heteroatoms. The largest absolute Gasteiger partial charge is 0.478 e. The zero-order valence-corrected chi connectivity index (χ0v) is 28.8. The van der Waals surface area contributed by atoms with Crippen molar-refractivity contribution in [2.75, 3.05) is 13.7 Å². The molecule has 0 bridgehead atoms. The van der Waals surface area contributed by atoms with Crippen LogP contribution in [-0.4, -0.2) is 102 Å². The molecule has 0 aromatic rings. The average molecular weight is 673 g/mol. The second-order valence-electron chi connectivity index (χ2n) is 13.4. The maximum absolute atomic E-state index is 12.7. The summed E-state index contributed by atoms with van der Waals surface area (Å²) in [5, 5.41) is 28.8. The normalized spacial score (nSPS) is 25.6. The van der Waals surface area contributed by atoms with Gasteiger partial charge in [0.05, 0.1) is 18.7 Å². The van der Waals surface area contributed by atoms with Crippen molar-refractivity contribution >= 4 is 30.0 Å². The van der Waals surface area contributed by atoms with Gasteiger partial charge < -0.3 is 49.3 Å². The van der Waals surface area contributed by atoms with Crippen LogP contribution in [0.3, 0.4) is 0 Å². The highest BCUT2D eigenvalue weighted by atomic mass is 16.9. The molecule has 1 saturated heterocycles. The number of carboxylic acid groups (broad SMARTS) is 1. The zero-order valence-electron chi connectivity index (χ0n) is 28.8. The molecule has 6 atom stereocenters. The number of carbonyl (C=O) groups is 4. The molecular formula is C31H52N4O12. The third kappa shape index (κ3) is 13.7. The molecule has 2 aliphatic rings. The van der Waals surface area contributed by atoms with E-state index >= 15 is 0 Å². The summed E-state index contributed by atoms with van der Waals surface area (Å²) in [6.07, 6.45) is 0.705. The van der Waals surface area contributed by atoms with E-state index in [9.17, 15) is 29.4 Å². The Morgan fingerprint density at radius 3 is 2.23 bits per heavy atom. The molecule has 0 aliphatic carbocycles. The minimum Gasteiger partial charge on any atom is -0.478 e. The molecule has 2 aliphatic heterocycles. The number of rotatable bonds is 12. The van der Waals surface area contributed by atoms with Gasteiger partial charge in [0, 0.05) is 20.5 Å². The van der Waals surface area contributed by atoms with E-state index in [2.05, 4.69) is 27.9 Å². The minimum atomic E-state index is -1.89. The first kappa shape index (κ1) is 39.7. The minimum absolute atomic E-state index is 0.119. The highest BCUT2D eigenvalue weighted by molar-refractivity contribution is 5.99. The van der Waals surface area contributed by atoms with Crippen LogP contribution >= 0.6 is 0 Å². The third-order valence-corrected chi connectivity index (χ3v) is 6.80. The van der Waals surface area contributed by atoms with E-state index in [1.54, 1.807) is 41.5 Å². The number of carboxylic acids is 1. The fourth-order valence-electron chi connectivity index (χ4n) is 4.95. The van der Waals surface area contributed by atoms with Crippen LogP contribution in [0.25, 0.3) is 0 Å². The fourth-order valence-corrected chi connectivity index (χ4v) is 4.95. The highest BCUT2D eigenvalue weighted by Gasteiger charge is 2.50. The molecule has 2 rings (SSSR count). The van der Waals surface area contributed by atoms with Crippen molar-refractivity contribution in [2.24, 2.45) is 4.99 Å². The van der Waals surface area contributed by atoms with Crippen molar-refractivity contribution in [1.82, 2.24) is 16.0 Å². The molecule has 2 heterocycles. The first-order valence-corrected chi connectivity index (χ1v) is 15.8. The van der Waals surface area contributed by atoms with Gasteiger partial charge in [-0.25, -0.2) is 14.4 Å². The van der Waals surface area contributed by atoms with Crippen LogP contribution in [0.1, 0.15) is 93.9 Å². The van der Waals surface area contributed by atoms with E-state index in [-0.39, 0.29) is 13.0 Å². The number of nitrogens with one attached hydrogen (secondary N) is 3. The Morgan fingerprint density at radius 1 is 1.04 bits per heavy atom. The Labute approximate surface area is 275 Å². The number of methoxy groups -OCH3 is 1. The van der Waals surface area contributed by atoms with Gasteiger partial charge in [-0.3, -0.25) is 10.1 Å². The van der Waals surface area contributed by atoms with Crippen molar-refractivity contribution in [3.63, 3.8) is 0 Å². The SMILES string of the molecule is CCCCCCCC1(O)OC[C@H](C(OC)[C@@H]2OC(C(=O)O)=C[C@H](NC(=NC(=O)OC(C)(C)C)NC(=O)OC(C)(C)C)[C@H]2NC(C)=O)O1. The first-order valence-electron chi connectivity index (χ1n) is 15.8. The lowest BCUT2D eigenvalue weighted by Crippen LogP contribution is -2.65. The monoisotopic (exact) mass is 672 g/mol. The molecular weight excluding hydrogens is 620 g/mol. The summed E-state index contributed by atoms with van der Waals surface area (Å²) in [4.78, 5) is 53.9. The number of hydrogen-bond donors (Lipinski definition) is 5. The lowest BCUT2D eigenvalue weighted by atomic mass is 9.91. The fraction of sp³-hybridized carbons (Fsp3) is 0.774. The maximum Gasteiger partial charge on any atom is 0.437 e. The predicted molar refractivity (Wildman–Crippen MR) is 168 cm³/mol. The van der Waals surface area contributed by atoms with Crippen LogP contribution in [-0.2, 0) is 38.0 Å². The molecule has 0 spiro atoms. The number of carbonyl (C=O) groups excluding carboxylic acids is 3. The van der Waals surface area contributed by atoms with Crippen LogP contribution in [0.2, 0.25) is 0 Å². The van der Waals surface area contributed by atoms with E-state index in [4.69, 9.17) is 28.4 Å². The Hall–Kier alpha value is -3.47. The molecule has 268 valence electrons. The second-order valence-corrected chi connectivity index (χ2v) is 13.4. The molecule has 5 N–H and O–H groups in total. The Morgan fingerprint density at radius 2 is 1.68 bits per heavy atom. The van der Waals surface area contributed by atoms with E-state index in [1.165, 1.54) is 14.0 Å². The molecule has 2 unspecified atom stereocenters. The number of ether oxygens (including phenoxy) is 6. The summed E-state index contributed by atoms with van der Waals surface area (Å²) >= 11 is 0. The molecule has 0 aromatic carbocycles. The molecule has 0 saturated carbocycles. The molecule has 47 heavy (non-hydrogen) atoms. The quantitative estimate of drug-likeness (QED) is 0.115. The van der Waals surface area contributed by atoms with E-state index in [0.717, 1.165) is 31.8 Å². The zero-order chi connectivity index (χ0) is 35.6. The summed E-state index contributed by atoms with van der Waals surface area (Å²) in [7, 11) is 1.34. The number of aliphatic imine (C=N–C) groups is 1. The van der Waals surface area contributed by atoms with Crippen molar-refractivity contribution in [3.8, 4) is 0 Å². The Kier molecular flexibility index (Phi) is 14.4. The lowest BCUT2D eigenvalue weighted by Gasteiger charge is -2.41.